The molecule has 156 valence electrons. The lowest BCUT2D eigenvalue weighted by atomic mass is 9.96. The summed E-state index contributed by atoms with van der Waals surface area (Å²) in [5, 5.41) is 9.43. The molecule has 0 spiro atoms. The van der Waals surface area contributed by atoms with Crippen molar-refractivity contribution in [1.82, 2.24) is 10.6 Å². The highest BCUT2D eigenvalue weighted by Gasteiger charge is 2.45. The van der Waals surface area contributed by atoms with Gasteiger partial charge in [0.15, 0.2) is 5.96 Å². The lowest BCUT2D eigenvalue weighted by Crippen LogP contribution is -2.41. The Morgan fingerprint density at radius 3 is 2.41 bits per heavy atom. The Hall–Kier alpha value is -1.81. The van der Waals surface area contributed by atoms with Crippen LogP contribution >= 0.6 is 39.9 Å². The first-order valence-corrected chi connectivity index (χ1v) is 9.99. The number of hydrogen-bond acceptors (Lipinski definition) is 3. The van der Waals surface area contributed by atoms with Crippen LogP contribution in [0.25, 0.3) is 0 Å². The van der Waals surface area contributed by atoms with Crippen LogP contribution < -0.4 is 16.0 Å². The maximum Gasteiger partial charge on any atom is 0.411 e. The first-order valence-electron chi connectivity index (χ1n) is 9.20. The van der Waals surface area contributed by atoms with Crippen molar-refractivity contribution in [3.63, 3.8) is 0 Å². The number of guanidine groups is 1. The molecule has 1 amide bonds. The second-order valence-corrected chi connectivity index (χ2v) is 7.71. The van der Waals surface area contributed by atoms with Crippen LogP contribution in [0.15, 0.2) is 58.0 Å². The third kappa shape index (κ3) is 6.33. The van der Waals surface area contributed by atoms with Crippen molar-refractivity contribution in [2.75, 3.05) is 26.0 Å². The number of amides is 1. The van der Waals surface area contributed by atoms with E-state index in [-0.39, 0.29) is 29.4 Å². The highest BCUT2D eigenvalue weighted by atomic mass is 127. The molecule has 1 saturated carbocycles. The highest BCUT2D eigenvalue weighted by molar-refractivity contribution is 14.0. The minimum atomic E-state index is -0.477. The normalized spacial score (nSPS) is 14.4. The first kappa shape index (κ1) is 23.5. The van der Waals surface area contributed by atoms with Gasteiger partial charge in [0.1, 0.15) is 0 Å². The van der Waals surface area contributed by atoms with Gasteiger partial charge in [-0.2, -0.15) is 0 Å². The van der Waals surface area contributed by atoms with Gasteiger partial charge < -0.3 is 15.4 Å². The minimum Gasteiger partial charge on any atom is -0.453 e. The number of anilines is 1. The number of rotatable bonds is 6. The molecule has 3 N–H and O–H groups in total. The number of halogens is 2. The molecule has 6 nitrogen and oxygen atoms in total. The zero-order valence-corrected chi connectivity index (χ0v) is 20.4. The van der Waals surface area contributed by atoms with Gasteiger partial charge in [0.05, 0.1) is 7.11 Å². The molecule has 0 heterocycles. The Kier molecular flexibility index (Phi) is 8.76. The second kappa shape index (κ2) is 10.8. The zero-order valence-electron chi connectivity index (χ0n) is 16.5. The van der Waals surface area contributed by atoms with Crippen molar-refractivity contribution in [3.8, 4) is 0 Å². The van der Waals surface area contributed by atoms with Crippen molar-refractivity contribution >= 4 is 57.6 Å². The van der Waals surface area contributed by atoms with Crippen LogP contribution in [0.3, 0.4) is 0 Å². The quantitative estimate of drug-likeness (QED) is 0.268. The van der Waals surface area contributed by atoms with Crippen LogP contribution in [0, 0.1) is 0 Å². The van der Waals surface area contributed by atoms with Crippen LogP contribution in [-0.2, 0) is 16.7 Å². The van der Waals surface area contributed by atoms with Gasteiger partial charge in [-0.05, 0) is 42.2 Å². The highest BCUT2D eigenvalue weighted by Crippen LogP contribution is 2.49. The maximum atomic E-state index is 11.2. The van der Waals surface area contributed by atoms with E-state index in [0.29, 0.717) is 12.2 Å². The van der Waals surface area contributed by atoms with E-state index in [2.05, 4.69) is 59.8 Å². The number of carbonyl (C=O) groups is 1. The average Bonchev–Trinajstić information content (AvgIpc) is 3.50. The number of carbonyl (C=O) groups excluding carboxylic acids is 1. The fourth-order valence-electron chi connectivity index (χ4n) is 3.12. The van der Waals surface area contributed by atoms with E-state index in [9.17, 15) is 4.79 Å². The third-order valence-electron chi connectivity index (χ3n) is 4.96. The standard InChI is InChI=1S/C21H25BrN4O2.HI/c1-23-19(24-13-15-7-9-16(10-8-15)26-20(27)28-2)25-14-21(11-12-21)17-5-3-4-6-18(17)22;/h3-10H,11-14H2,1-2H3,(H,26,27)(H2,23,24,25);1H. The molecule has 0 atom stereocenters. The molecule has 0 aromatic heterocycles. The van der Waals surface area contributed by atoms with E-state index < -0.39 is 6.09 Å². The van der Waals surface area contributed by atoms with E-state index >= 15 is 0 Å². The number of nitrogens with one attached hydrogen (secondary N) is 3. The van der Waals surface area contributed by atoms with Crippen molar-refractivity contribution in [2.45, 2.75) is 24.8 Å². The third-order valence-corrected chi connectivity index (χ3v) is 5.65. The fourth-order valence-corrected chi connectivity index (χ4v) is 3.82. The van der Waals surface area contributed by atoms with Crippen molar-refractivity contribution in [3.05, 3.63) is 64.1 Å². The molecule has 0 unspecified atom stereocenters. The summed E-state index contributed by atoms with van der Waals surface area (Å²) in [6.45, 7) is 1.48. The lowest BCUT2D eigenvalue weighted by Gasteiger charge is -2.20. The van der Waals surface area contributed by atoms with Crippen LogP contribution in [0.2, 0.25) is 0 Å². The number of ether oxygens (including phenoxy) is 1. The SMILES string of the molecule is CN=C(NCc1ccc(NC(=O)OC)cc1)NCC1(c2ccccc2Br)CC1.I. The molecule has 0 bridgehead atoms. The zero-order chi connectivity index (χ0) is 20.0. The molecule has 0 saturated heterocycles. The molecule has 1 aliphatic rings. The summed E-state index contributed by atoms with van der Waals surface area (Å²) in [6, 6.07) is 16.0. The van der Waals surface area contributed by atoms with Gasteiger partial charge in [0.2, 0.25) is 0 Å². The molecule has 2 aromatic carbocycles. The topological polar surface area (TPSA) is 74.8 Å². The molecule has 3 rings (SSSR count). The van der Waals surface area contributed by atoms with E-state index in [1.807, 2.05) is 30.3 Å². The Bertz CT molecular complexity index is 854. The van der Waals surface area contributed by atoms with Gasteiger partial charge in [-0.25, -0.2) is 4.79 Å². The monoisotopic (exact) mass is 572 g/mol. The maximum absolute atomic E-state index is 11.2. The molecule has 0 aliphatic heterocycles. The van der Waals surface area contributed by atoms with E-state index in [1.54, 1.807) is 7.05 Å². The van der Waals surface area contributed by atoms with E-state index in [0.717, 1.165) is 22.5 Å². The molecule has 0 radical (unpaired) electrons. The summed E-state index contributed by atoms with van der Waals surface area (Å²) in [6.07, 6.45) is 1.87. The van der Waals surface area contributed by atoms with Crippen LogP contribution in [0.5, 0.6) is 0 Å². The number of benzene rings is 2. The molecule has 2 aromatic rings. The van der Waals surface area contributed by atoms with Gasteiger partial charge in [-0.1, -0.05) is 46.3 Å². The van der Waals surface area contributed by atoms with Gasteiger partial charge in [0.25, 0.3) is 0 Å². The van der Waals surface area contributed by atoms with Crippen LogP contribution in [0.4, 0.5) is 10.5 Å². The summed E-state index contributed by atoms with van der Waals surface area (Å²) in [7, 11) is 3.12. The Morgan fingerprint density at radius 2 is 1.83 bits per heavy atom. The molecule has 1 fully saturated rings. The molecular formula is C21H26BrIN4O2. The van der Waals surface area contributed by atoms with Crippen LogP contribution in [0.1, 0.15) is 24.0 Å². The number of aliphatic imine (C=N–C) groups is 1. The average molecular weight is 573 g/mol. The summed E-state index contributed by atoms with van der Waals surface area (Å²) in [5.41, 5.74) is 3.32. The predicted molar refractivity (Wildman–Crippen MR) is 131 cm³/mol. The summed E-state index contributed by atoms with van der Waals surface area (Å²) >= 11 is 3.67. The lowest BCUT2D eigenvalue weighted by molar-refractivity contribution is 0.187. The Morgan fingerprint density at radius 1 is 1.14 bits per heavy atom. The van der Waals surface area contributed by atoms with Crippen molar-refractivity contribution in [1.29, 1.82) is 0 Å². The Labute approximate surface area is 197 Å². The molecule has 1 aliphatic carbocycles. The summed E-state index contributed by atoms with van der Waals surface area (Å²) < 4.78 is 5.75. The van der Waals surface area contributed by atoms with Crippen molar-refractivity contribution in [2.24, 2.45) is 4.99 Å². The smallest absolute Gasteiger partial charge is 0.411 e. The number of methoxy groups -OCH3 is 1. The van der Waals surface area contributed by atoms with Gasteiger partial charge >= 0.3 is 6.09 Å². The molecule has 29 heavy (non-hydrogen) atoms. The molecular weight excluding hydrogens is 547 g/mol. The van der Waals surface area contributed by atoms with Gasteiger partial charge in [0, 0.05) is 35.7 Å². The van der Waals surface area contributed by atoms with Gasteiger partial charge in [-0.3, -0.25) is 10.3 Å². The number of hydrogen-bond donors (Lipinski definition) is 3. The van der Waals surface area contributed by atoms with Crippen molar-refractivity contribution < 1.29 is 9.53 Å². The fraction of sp³-hybridized carbons (Fsp3) is 0.333. The Balaban J connectivity index is 0.00000300. The summed E-state index contributed by atoms with van der Waals surface area (Å²) in [5.74, 6) is 0.773. The van der Waals surface area contributed by atoms with Gasteiger partial charge in [-0.15, -0.1) is 24.0 Å². The first-order chi connectivity index (χ1) is 13.6. The van der Waals surface area contributed by atoms with E-state index in [1.165, 1.54) is 25.5 Å². The second-order valence-electron chi connectivity index (χ2n) is 6.85. The largest absolute Gasteiger partial charge is 0.453 e. The summed E-state index contributed by atoms with van der Waals surface area (Å²) in [4.78, 5) is 15.6. The predicted octanol–water partition coefficient (Wildman–Crippen LogP) is 4.64. The van der Waals surface area contributed by atoms with Crippen LogP contribution in [-0.4, -0.2) is 32.8 Å². The van der Waals surface area contributed by atoms with E-state index in [4.69, 9.17) is 0 Å². The minimum absolute atomic E-state index is 0. The molecule has 8 heteroatoms. The number of nitrogens with zero attached hydrogens (tertiary/aromatic N) is 1.